The third-order valence-corrected chi connectivity index (χ3v) is 3.11. The van der Waals surface area contributed by atoms with E-state index in [1.54, 1.807) is 18.4 Å². The summed E-state index contributed by atoms with van der Waals surface area (Å²) >= 11 is 1.63. The summed E-state index contributed by atoms with van der Waals surface area (Å²) in [5.41, 5.74) is 2.24. The highest BCUT2D eigenvalue weighted by Gasteiger charge is 1.99. The van der Waals surface area contributed by atoms with Crippen LogP contribution in [0.5, 0.6) is 5.75 Å². The molecule has 0 radical (unpaired) electrons. The van der Waals surface area contributed by atoms with Crippen molar-refractivity contribution in [2.24, 2.45) is 0 Å². The standard InChI is InChI=1S/C12H14N2OS.C2H6/c1-9-8-16-12(14-9)13-7-10-4-3-5-11(6-10)15-2;1-2/h3-6,8H,7H2,1-2H3,(H,13,14);1-2H3. The van der Waals surface area contributed by atoms with E-state index in [1.165, 1.54) is 5.56 Å². The molecule has 98 valence electrons. The van der Waals surface area contributed by atoms with Crippen molar-refractivity contribution in [2.45, 2.75) is 27.3 Å². The quantitative estimate of drug-likeness (QED) is 0.902. The van der Waals surface area contributed by atoms with Crippen molar-refractivity contribution >= 4 is 16.5 Å². The molecular formula is C14H20N2OS. The summed E-state index contributed by atoms with van der Waals surface area (Å²) in [6, 6.07) is 8.02. The molecule has 0 fully saturated rings. The molecule has 0 bridgehead atoms. The zero-order valence-electron chi connectivity index (χ0n) is 11.4. The van der Waals surface area contributed by atoms with E-state index in [0.717, 1.165) is 23.1 Å². The van der Waals surface area contributed by atoms with Gasteiger partial charge in [-0.2, -0.15) is 0 Å². The predicted octanol–water partition coefficient (Wildman–Crippen LogP) is 4.10. The molecule has 1 aromatic heterocycles. The topological polar surface area (TPSA) is 34.1 Å². The molecule has 0 amide bonds. The SMILES string of the molecule is CC.COc1cccc(CNc2nc(C)cs2)c1. The van der Waals surface area contributed by atoms with Gasteiger partial charge < -0.3 is 10.1 Å². The van der Waals surface area contributed by atoms with E-state index >= 15 is 0 Å². The van der Waals surface area contributed by atoms with Crippen molar-refractivity contribution in [1.29, 1.82) is 0 Å². The number of rotatable bonds is 4. The summed E-state index contributed by atoms with van der Waals surface area (Å²) in [6.45, 7) is 6.76. The molecule has 1 heterocycles. The minimum Gasteiger partial charge on any atom is -0.497 e. The van der Waals surface area contributed by atoms with Crippen LogP contribution in [0.1, 0.15) is 25.1 Å². The Morgan fingerprint density at radius 2 is 2.11 bits per heavy atom. The normalized spacial score (nSPS) is 9.33. The lowest BCUT2D eigenvalue weighted by molar-refractivity contribution is 0.414. The van der Waals surface area contributed by atoms with E-state index in [9.17, 15) is 0 Å². The Hall–Kier alpha value is -1.55. The van der Waals surface area contributed by atoms with Crippen LogP contribution in [0, 0.1) is 6.92 Å². The van der Waals surface area contributed by atoms with Gasteiger partial charge in [-0.3, -0.25) is 0 Å². The van der Waals surface area contributed by atoms with Crippen molar-refractivity contribution in [1.82, 2.24) is 4.98 Å². The van der Waals surface area contributed by atoms with Crippen LogP contribution < -0.4 is 10.1 Å². The number of aryl methyl sites for hydroxylation is 1. The van der Waals surface area contributed by atoms with E-state index in [2.05, 4.69) is 16.4 Å². The van der Waals surface area contributed by atoms with E-state index in [4.69, 9.17) is 4.74 Å². The van der Waals surface area contributed by atoms with Crippen LogP contribution in [-0.2, 0) is 6.54 Å². The average Bonchev–Trinajstić information content (AvgIpc) is 2.85. The van der Waals surface area contributed by atoms with Gasteiger partial charge >= 0.3 is 0 Å². The number of benzene rings is 1. The summed E-state index contributed by atoms with van der Waals surface area (Å²) in [7, 11) is 1.68. The minimum absolute atomic E-state index is 0.768. The summed E-state index contributed by atoms with van der Waals surface area (Å²) in [5.74, 6) is 0.884. The molecule has 2 rings (SSSR count). The highest BCUT2D eigenvalue weighted by atomic mass is 32.1. The zero-order valence-corrected chi connectivity index (χ0v) is 12.2. The predicted molar refractivity (Wildman–Crippen MR) is 78.5 cm³/mol. The van der Waals surface area contributed by atoms with Gasteiger partial charge in [0.1, 0.15) is 5.75 Å². The number of thiazole rings is 1. The highest BCUT2D eigenvalue weighted by molar-refractivity contribution is 7.13. The van der Waals surface area contributed by atoms with Gasteiger partial charge in [0.25, 0.3) is 0 Å². The van der Waals surface area contributed by atoms with Gasteiger partial charge in [-0.15, -0.1) is 11.3 Å². The number of nitrogens with one attached hydrogen (secondary N) is 1. The maximum absolute atomic E-state index is 5.17. The van der Waals surface area contributed by atoms with Crippen molar-refractivity contribution in [3.05, 3.63) is 40.9 Å². The first-order valence-electron chi connectivity index (χ1n) is 6.07. The lowest BCUT2D eigenvalue weighted by Gasteiger charge is -2.05. The lowest BCUT2D eigenvalue weighted by Crippen LogP contribution is -1.99. The second-order valence-electron chi connectivity index (χ2n) is 3.50. The molecule has 1 N–H and O–H groups in total. The number of aromatic nitrogens is 1. The second kappa shape index (κ2) is 7.71. The molecule has 3 nitrogen and oxygen atoms in total. The van der Waals surface area contributed by atoms with Crippen LogP contribution in [0.15, 0.2) is 29.6 Å². The summed E-state index contributed by atoms with van der Waals surface area (Å²) < 4.78 is 5.17. The average molecular weight is 264 g/mol. The molecule has 0 atom stereocenters. The van der Waals surface area contributed by atoms with Crippen molar-refractivity contribution in [3.8, 4) is 5.75 Å². The largest absolute Gasteiger partial charge is 0.497 e. The van der Waals surface area contributed by atoms with Gasteiger partial charge in [0.2, 0.25) is 0 Å². The second-order valence-corrected chi connectivity index (χ2v) is 4.36. The van der Waals surface area contributed by atoms with Gasteiger partial charge in [0, 0.05) is 11.9 Å². The Morgan fingerprint density at radius 3 is 2.72 bits per heavy atom. The van der Waals surface area contributed by atoms with Gasteiger partial charge in [0.15, 0.2) is 5.13 Å². The summed E-state index contributed by atoms with van der Waals surface area (Å²) in [6.07, 6.45) is 0. The highest BCUT2D eigenvalue weighted by Crippen LogP contribution is 2.17. The third-order valence-electron chi connectivity index (χ3n) is 2.20. The number of anilines is 1. The molecule has 0 unspecified atom stereocenters. The van der Waals surface area contributed by atoms with Gasteiger partial charge in [-0.1, -0.05) is 26.0 Å². The molecular weight excluding hydrogens is 244 g/mol. The van der Waals surface area contributed by atoms with E-state index in [1.807, 2.05) is 44.4 Å². The Kier molecular flexibility index (Phi) is 6.22. The molecule has 4 heteroatoms. The molecule has 18 heavy (non-hydrogen) atoms. The van der Waals surface area contributed by atoms with Crippen LogP contribution >= 0.6 is 11.3 Å². The first-order chi connectivity index (χ1) is 8.78. The molecule has 0 aliphatic rings. The van der Waals surface area contributed by atoms with Crippen molar-refractivity contribution in [2.75, 3.05) is 12.4 Å². The monoisotopic (exact) mass is 264 g/mol. The Bertz CT molecular complexity index is 468. The molecule has 0 aliphatic carbocycles. The van der Waals surface area contributed by atoms with Gasteiger partial charge in [-0.25, -0.2) is 4.98 Å². The lowest BCUT2D eigenvalue weighted by atomic mass is 10.2. The van der Waals surface area contributed by atoms with Crippen LogP contribution in [0.3, 0.4) is 0 Å². The first-order valence-corrected chi connectivity index (χ1v) is 6.95. The molecule has 2 aromatic rings. The minimum atomic E-state index is 0.768. The van der Waals surface area contributed by atoms with Crippen molar-refractivity contribution in [3.63, 3.8) is 0 Å². The number of methoxy groups -OCH3 is 1. The number of hydrogen-bond donors (Lipinski definition) is 1. The Balaban J connectivity index is 0.000000771. The number of nitrogens with zero attached hydrogens (tertiary/aromatic N) is 1. The summed E-state index contributed by atoms with van der Waals surface area (Å²) in [4.78, 5) is 4.34. The van der Waals surface area contributed by atoms with Crippen LogP contribution in [0.25, 0.3) is 0 Å². The summed E-state index contributed by atoms with van der Waals surface area (Å²) in [5, 5.41) is 6.28. The van der Waals surface area contributed by atoms with Crippen LogP contribution in [0.4, 0.5) is 5.13 Å². The number of ether oxygens (including phenoxy) is 1. The van der Waals surface area contributed by atoms with Gasteiger partial charge in [0.05, 0.1) is 12.8 Å². The molecule has 0 saturated heterocycles. The number of hydrogen-bond acceptors (Lipinski definition) is 4. The first kappa shape index (κ1) is 14.5. The fourth-order valence-electron chi connectivity index (χ4n) is 1.40. The van der Waals surface area contributed by atoms with Crippen LogP contribution in [0.2, 0.25) is 0 Å². The third kappa shape index (κ3) is 4.37. The molecule has 1 aromatic carbocycles. The molecule has 0 spiro atoms. The Labute approximate surface area is 113 Å². The molecule has 0 aliphatic heterocycles. The van der Waals surface area contributed by atoms with Gasteiger partial charge in [-0.05, 0) is 24.6 Å². The van der Waals surface area contributed by atoms with E-state index in [-0.39, 0.29) is 0 Å². The maximum atomic E-state index is 5.17. The zero-order chi connectivity index (χ0) is 13.4. The van der Waals surface area contributed by atoms with E-state index < -0.39 is 0 Å². The maximum Gasteiger partial charge on any atom is 0.183 e. The van der Waals surface area contributed by atoms with Crippen LogP contribution in [-0.4, -0.2) is 12.1 Å². The Morgan fingerprint density at radius 1 is 1.33 bits per heavy atom. The van der Waals surface area contributed by atoms with E-state index in [0.29, 0.717) is 0 Å². The van der Waals surface area contributed by atoms with Crippen molar-refractivity contribution < 1.29 is 4.74 Å². The smallest absolute Gasteiger partial charge is 0.183 e. The molecule has 0 saturated carbocycles. The fourth-order valence-corrected chi connectivity index (χ4v) is 2.08. The fraction of sp³-hybridized carbons (Fsp3) is 0.357.